The predicted octanol–water partition coefficient (Wildman–Crippen LogP) is 2.72. The molecule has 6 heteroatoms. The fourth-order valence-corrected chi connectivity index (χ4v) is 1.99. The van der Waals surface area contributed by atoms with Gasteiger partial charge in [0.05, 0.1) is 19.2 Å². The Kier molecular flexibility index (Phi) is 6.89. The van der Waals surface area contributed by atoms with E-state index in [0.29, 0.717) is 31.1 Å². The lowest BCUT2D eigenvalue weighted by Crippen LogP contribution is -2.24. The molecule has 128 valence electrons. The summed E-state index contributed by atoms with van der Waals surface area (Å²) in [7, 11) is 1.63. The van der Waals surface area contributed by atoms with Crippen LogP contribution in [-0.2, 0) is 0 Å². The molecule has 6 nitrogen and oxygen atoms in total. The smallest absolute Gasteiger partial charge is 0.252 e. The van der Waals surface area contributed by atoms with Crippen LogP contribution in [0.1, 0.15) is 23.7 Å². The second kappa shape index (κ2) is 9.39. The van der Waals surface area contributed by atoms with E-state index in [1.807, 2.05) is 31.2 Å². The number of aromatic nitrogens is 1. The molecule has 1 heterocycles. The highest BCUT2D eigenvalue weighted by atomic mass is 16.5. The van der Waals surface area contributed by atoms with E-state index in [1.165, 1.54) is 0 Å². The van der Waals surface area contributed by atoms with Crippen LogP contribution in [0.2, 0.25) is 0 Å². The molecular weight excluding hydrogens is 306 g/mol. The summed E-state index contributed by atoms with van der Waals surface area (Å²) in [5.74, 6) is 2.19. The normalized spacial score (nSPS) is 10.1. The average Bonchev–Trinajstić information content (AvgIpc) is 2.64. The van der Waals surface area contributed by atoms with Gasteiger partial charge in [0.2, 0.25) is 0 Å². The summed E-state index contributed by atoms with van der Waals surface area (Å²) in [6.45, 7) is 3.80. The van der Waals surface area contributed by atoms with Crippen LogP contribution in [-0.4, -0.2) is 37.7 Å². The summed E-state index contributed by atoms with van der Waals surface area (Å²) < 4.78 is 10.7. The van der Waals surface area contributed by atoms with Crippen LogP contribution in [0, 0.1) is 0 Å². The molecule has 0 aliphatic heterocycles. The van der Waals surface area contributed by atoms with E-state index in [9.17, 15) is 4.79 Å². The Bertz CT molecular complexity index is 627. The zero-order valence-electron chi connectivity index (χ0n) is 14.0. The van der Waals surface area contributed by atoms with Gasteiger partial charge in [0.15, 0.2) is 0 Å². The third-order valence-electron chi connectivity index (χ3n) is 3.30. The Labute approximate surface area is 142 Å². The van der Waals surface area contributed by atoms with Gasteiger partial charge in [0.1, 0.15) is 23.9 Å². The molecule has 1 aromatic heterocycles. The Morgan fingerprint density at radius 3 is 2.46 bits per heavy atom. The highest BCUT2D eigenvalue weighted by Gasteiger charge is 2.04. The molecule has 0 unspecified atom stereocenters. The van der Waals surface area contributed by atoms with E-state index in [-0.39, 0.29) is 5.91 Å². The average molecular weight is 329 g/mol. The van der Waals surface area contributed by atoms with Crippen molar-refractivity contribution in [2.45, 2.75) is 13.3 Å². The minimum atomic E-state index is -0.0984. The quantitative estimate of drug-likeness (QED) is 0.692. The fraction of sp³-hybridized carbons (Fsp3) is 0.333. The number of rotatable bonds is 9. The summed E-state index contributed by atoms with van der Waals surface area (Å²) in [6.07, 6.45) is 2.48. The van der Waals surface area contributed by atoms with Crippen LogP contribution < -0.4 is 20.1 Å². The van der Waals surface area contributed by atoms with Crippen molar-refractivity contribution in [2.24, 2.45) is 0 Å². The molecule has 0 saturated heterocycles. The highest BCUT2D eigenvalue weighted by molar-refractivity contribution is 5.93. The van der Waals surface area contributed by atoms with E-state index >= 15 is 0 Å². The number of methoxy groups -OCH3 is 1. The number of hydrogen-bond acceptors (Lipinski definition) is 5. The van der Waals surface area contributed by atoms with Crippen molar-refractivity contribution in [3.8, 4) is 11.5 Å². The van der Waals surface area contributed by atoms with Crippen LogP contribution in [0.25, 0.3) is 0 Å². The van der Waals surface area contributed by atoms with Crippen LogP contribution in [0.4, 0.5) is 5.82 Å². The number of nitrogens with zero attached hydrogens (tertiary/aromatic N) is 1. The standard InChI is InChI=1S/C18H23N3O3/c1-3-10-20-18(22)14-4-9-17(21-13-14)19-11-12-24-16-7-5-15(23-2)6-8-16/h4-9,13H,3,10-12H2,1-2H3,(H,19,21)(H,20,22). The van der Waals surface area contributed by atoms with Gasteiger partial charge < -0.3 is 20.1 Å². The third-order valence-corrected chi connectivity index (χ3v) is 3.30. The molecule has 2 aromatic rings. The third kappa shape index (κ3) is 5.46. The molecule has 0 aliphatic carbocycles. The molecule has 0 atom stereocenters. The van der Waals surface area contributed by atoms with E-state index in [2.05, 4.69) is 15.6 Å². The summed E-state index contributed by atoms with van der Waals surface area (Å²) in [4.78, 5) is 16.0. The zero-order valence-corrected chi connectivity index (χ0v) is 14.0. The lowest BCUT2D eigenvalue weighted by Gasteiger charge is -2.09. The number of ether oxygens (including phenoxy) is 2. The van der Waals surface area contributed by atoms with Crippen LogP contribution in [0.15, 0.2) is 42.6 Å². The summed E-state index contributed by atoms with van der Waals surface area (Å²) in [5, 5.41) is 5.97. The topological polar surface area (TPSA) is 72.5 Å². The molecule has 0 aliphatic rings. The number of pyridine rings is 1. The lowest BCUT2D eigenvalue weighted by atomic mass is 10.2. The van der Waals surface area contributed by atoms with Crippen LogP contribution in [0.5, 0.6) is 11.5 Å². The molecule has 1 amide bonds. The molecule has 0 fully saturated rings. The number of carbonyl (C=O) groups excluding carboxylic acids is 1. The minimum absolute atomic E-state index is 0.0984. The van der Waals surface area contributed by atoms with E-state index in [4.69, 9.17) is 9.47 Å². The van der Waals surface area contributed by atoms with E-state index < -0.39 is 0 Å². The van der Waals surface area contributed by atoms with E-state index in [0.717, 1.165) is 17.9 Å². The highest BCUT2D eigenvalue weighted by Crippen LogP contribution is 2.16. The number of amides is 1. The maximum absolute atomic E-state index is 11.8. The van der Waals surface area contributed by atoms with Gasteiger partial charge in [-0.3, -0.25) is 4.79 Å². The predicted molar refractivity (Wildman–Crippen MR) is 93.8 cm³/mol. The van der Waals surface area contributed by atoms with E-state index in [1.54, 1.807) is 25.4 Å². The SMILES string of the molecule is CCCNC(=O)c1ccc(NCCOc2ccc(OC)cc2)nc1. The van der Waals surface area contributed by atoms with Gasteiger partial charge in [-0.25, -0.2) is 4.98 Å². The van der Waals surface area contributed by atoms with Gasteiger partial charge in [-0.1, -0.05) is 6.92 Å². The second-order valence-corrected chi connectivity index (χ2v) is 5.14. The monoisotopic (exact) mass is 329 g/mol. The van der Waals surface area contributed by atoms with Crippen molar-refractivity contribution < 1.29 is 14.3 Å². The first-order valence-electron chi connectivity index (χ1n) is 7.98. The molecule has 0 saturated carbocycles. The number of carbonyl (C=O) groups is 1. The number of anilines is 1. The first-order valence-corrected chi connectivity index (χ1v) is 7.98. The number of hydrogen-bond donors (Lipinski definition) is 2. The molecule has 2 rings (SSSR count). The molecule has 2 N–H and O–H groups in total. The summed E-state index contributed by atoms with van der Waals surface area (Å²) in [6, 6.07) is 11.0. The minimum Gasteiger partial charge on any atom is -0.497 e. The van der Waals surface area contributed by atoms with Crippen LogP contribution >= 0.6 is 0 Å². The van der Waals surface area contributed by atoms with Crippen molar-refractivity contribution in [3.05, 3.63) is 48.2 Å². The zero-order chi connectivity index (χ0) is 17.2. The molecule has 1 aromatic carbocycles. The van der Waals surface area contributed by atoms with Crippen molar-refractivity contribution in [3.63, 3.8) is 0 Å². The fourth-order valence-electron chi connectivity index (χ4n) is 1.99. The second-order valence-electron chi connectivity index (χ2n) is 5.14. The maximum atomic E-state index is 11.8. The summed E-state index contributed by atoms with van der Waals surface area (Å²) >= 11 is 0. The van der Waals surface area contributed by atoms with Crippen molar-refractivity contribution in [1.82, 2.24) is 10.3 Å². The molecular formula is C18H23N3O3. The van der Waals surface area contributed by atoms with Crippen molar-refractivity contribution >= 4 is 11.7 Å². The van der Waals surface area contributed by atoms with Gasteiger partial charge in [-0.2, -0.15) is 0 Å². The first kappa shape index (κ1) is 17.6. The Morgan fingerprint density at radius 2 is 1.83 bits per heavy atom. The van der Waals surface area contributed by atoms with Crippen molar-refractivity contribution in [2.75, 3.05) is 32.1 Å². The molecule has 0 bridgehead atoms. The Morgan fingerprint density at radius 1 is 1.08 bits per heavy atom. The molecule has 0 spiro atoms. The van der Waals surface area contributed by atoms with Gasteiger partial charge in [-0.15, -0.1) is 0 Å². The van der Waals surface area contributed by atoms with Crippen molar-refractivity contribution in [1.29, 1.82) is 0 Å². The molecule has 0 radical (unpaired) electrons. The Balaban J connectivity index is 1.72. The lowest BCUT2D eigenvalue weighted by molar-refractivity contribution is 0.0953. The maximum Gasteiger partial charge on any atom is 0.252 e. The van der Waals surface area contributed by atoms with Gasteiger partial charge >= 0.3 is 0 Å². The summed E-state index contributed by atoms with van der Waals surface area (Å²) in [5.41, 5.74) is 0.559. The number of benzene rings is 1. The number of nitrogens with one attached hydrogen (secondary N) is 2. The van der Waals surface area contributed by atoms with Gasteiger partial charge in [0.25, 0.3) is 5.91 Å². The van der Waals surface area contributed by atoms with Gasteiger partial charge in [-0.05, 0) is 42.8 Å². The van der Waals surface area contributed by atoms with Gasteiger partial charge in [0, 0.05) is 12.7 Å². The largest absolute Gasteiger partial charge is 0.497 e. The Hall–Kier alpha value is -2.76. The molecule has 24 heavy (non-hydrogen) atoms. The first-order chi connectivity index (χ1) is 11.7. The van der Waals surface area contributed by atoms with Crippen LogP contribution in [0.3, 0.4) is 0 Å².